The van der Waals surface area contributed by atoms with Crippen LogP contribution in [-0.4, -0.2) is 13.1 Å². The fraction of sp³-hybridized carbons (Fsp3) is 0.750. The van der Waals surface area contributed by atoms with E-state index in [1.807, 2.05) is 6.92 Å². The predicted molar refractivity (Wildman–Crippen MR) is 38.0 cm³/mol. The molecule has 0 amide bonds. The van der Waals surface area contributed by atoms with Crippen LogP contribution in [0.25, 0.3) is 0 Å². The lowest BCUT2D eigenvalue weighted by Crippen LogP contribution is -2.00. The molecule has 0 aromatic heterocycles. The molecular formula is C8H12N. The van der Waals surface area contributed by atoms with E-state index in [9.17, 15) is 0 Å². The molecule has 1 aliphatic heterocycles. The van der Waals surface area contributed by atoms with E-state index in [0.717, 1.165) is 25.4 Å². The van der Waals surface area contributed by atoms with Crippen molar-refractivity contribution >= 4 is 0 Å². The monoisotopic (exact) mass is 122 g/mol. The molecular weight excluding hydrogens is 110 g/mol. The lowest BCUT2D eigenvalue weighted by molar-refractivity contribution is 0.601. The second-order valence-electron chi connectivity index (χ2n) is 2.42. The van der Waals surface area contributed by atoms with Crippen LogP contribution in [-0.2, 0) is 0 Å². The second-order valence-corrected chi connectivity index (χ2v) is 2.42. The van der Waals surface area contributed by atoms with E-state index in [1.165, 1.54) is 6.42 Å². The first kappa shape index (κ1) is 6.64. The number of nitrogens with zero attached hydrogens (tertiary/aromatic N) is 1. The average Bonchev–Trinajstić information content (AvgIpc) is 2.34. The lowest BCUT2D eigenvalue weighted by atomic mass is 10.1. The summed E-state index contributed by atoms with van der Waals surface area (Å²) in [7, 11) is 0. The van der Waals surface area contributed by atoms with Crippen molar-refractivity contribution in [3.63, 3.8) is 0 Å². The summed E-state index contributed by atoms with van der Waals surface area (Å²) in [6.45, 7) is 4.01. The predicted octanol–water partition coefficient (Wildman–Crippen LogP) is 1.02. The van der Waals surface area contributed by atoms with Crippen LogP contribution in [0.15, 0.2) is 0 Å². The van der Waals surface area contributed by atoms with Crippen LogP contribution >= 0.6 is 0 Å². The lowest BCUT2D eigenvalue weighted by Gasteiger charge is -1.98. The Labute approximate surface area is 56.8 Å². The molecule has 1 atom stereocenters. The van der Waals surface area contributed by atoms with Crippen LogP contribution in [0.2, 0.25) is 0 Å². The van der Waals surface area contributed by atoms with Crippen LogP contribution in [0.1, 0.15) is 19.8 Å². The molecule has 1 heteroatoms. The van der Waals surface area contributed by atoms with Crippen molar-refractivity contribution in [1.82, 2.24) is 5.32 Å². The van der Waals surface area contributed by atoms with E-state index in [-0.39, 0.29) is 0 Å². The van der Waals surface area contributed by atoms with Gasteiger partial charge in [-0.15, -0.1) is 11.8 Å². The Morgan fingerprint density at radius 2 is 2.56 bits per heavy atom. The van der Waals surface area contributed by atoms with Crippen molar-refractivity contribution in [2.45, 2.75) is 19.8 Å². The average molecular weight is 122 g/mol. The van der Waals surface area contributed by atoms with Crippen LogP contribution < -0.4 is 5.32 Å². The molecule has 1 heterocycles. The maximum atomic E-state index is 4.25. The van der Waals surface area contributed by atoms with Crippen LogP contribution in [0.5, 0.6) is 0 Å². The van der Waals surface area contributed by atoms with Crippen molar-refractivity contribution < 1.29 is 0 Å². The molecule has 0 saturated carbocycles. The Morgan fingerprint density at radius 1 is 1.67 bits per heavy atom. The summed E-state index contributed by atoms with van der Waals surface area (Å²) < 4.78 is 0. The Hall–Kier alpha value is -0.480. The highest BCUT2D eigenvalue weighted by atomic mass is 14.9. The van der Waals surface area contributed by atoms with Gasteiger partial charge in [-0.25, -0.2) is 5.32 Å². The molecule has 0 N–H and O–H groups in total. The first-order chi connectivity index (χ1) is 4.43. The van der Waals surface area contributed by atoms with Gasteiger partial charge < -0.3 is 0 Å². The third kappa shape index (κ3) is 2.07. The molecule has 0 spiro atoms. The van der Waals surface area contributed by atoms with Crippen molar-refractivity contribution in [2.24, 2.45) is 5.92 Å². The molecule has 1 rings (SSSR count). The third-order valence-electron chi connectivity index (χ3n) is 1.65. The van der Waals surface area contributed by atoms with Gasteiger partial charge in [-0.05, 0) is 19.3 Å². The molecule has 0 aromatic carbocycles. The minimum absolute atomic E-state index is 0.775. The summed E-state index contributed by atoms with van der Waals surface area (Å²) in [5, 5.41) is 4.25. The van der Waals surface area contributed by atoms with Crippen molar-refractivity contribution in [2.75, 3.05) is 13.1 Å². The Bertz CT molecular complexity index is 123. The van der Waals surface area contributed by atoms with E-state index < -0.39 is 0 Å². The molecule has 0 aromatic rings. The largest absolute Gasteiger partial charge is 0.241 e. The maximum absolute atomic E-state index is 4.25. The van der Waals surface area contributed by atoms with Crippen LogP contribution in [0.4, 0.5) is 0 Å². The minimum Gasteiger partial charge on any atom is -0.241 e. The van der Waals surface area contributed by atoms with Gasteiger partial charge in [0.15, 0.2) is 0 Å². The third-order valence-corrected chi connectivity index (χ3v) is 1.65. The van der Waals surface area contributed by atoms with E-state index in [0.29, 0.717) is 0 Å². The van der Waals surface area contributed by atoms with Gasteiger partial charge in [0, 0.05) is 19.5 Å². The molecule has 1 nitrogen and oxygen atoms in total. The van der Waals surface area contributed by atoms with E-state index in [2.05, 4.69) is 17.2 Å². The van der Waals surface area contributed by atoms with E-state index >= 15 is 0 Å². The highest BCUT2D eigenvalue weighted by Gasteiger charge is 2.13. The molecule has 1 radical (unpaired) electrons. The maximum Gasteiger partial charge on any atom is 0.0171 e. The van der Waals surface area contributed by atoms with Crippen molar-refractivity contribution in [1.29, 1.82) is 0 Å². The highest BCUT2D eigenvalue weighted by molar-refractivity contribution is 4.97. The number of hydrogen-bond donors (Lipinski definition) is 0. The van der Waals surface area contributed by atoms with E-state index in [4.69, 9.17) is 0 Å². The molecule has 1 saturated heterocycles. The Balaban J connectivity index is 2.16. The first-order valence-corrected chi connectivity index (χ1v) is 3.46. The summed E-state index contributed by atoms with van der Waals surface area (Å²) in [5.41, 5.74) is 0. The fourth-order valence-electron chi connectivity index (χ4n) is 1.05. The van der Waals surface area contributed by atoms with E-state index in [1.54, 1.807) is 0 Å². The van der Waals surface area contributed by atoms with Gasteiger partial charge in [0.05, 0.1) is 0 Å². The SMILES string of the molecule is CC#CCC1CC[N]C1. The number of rotatable bonds is 1. The molecule has 1 aliphatic rings. The van der Waals surface area contributed by atoms with Crippen LogP contribution in [0.3, 0.4) is 0 Å². The Morgan fingerprint density at radius 3 is 3.11 bits per heavy atom. The molecule has 1 fully saturated rings. The molecule has 1 unspecified atom stereocenters. The topological polar surface area (TPSA) is 14.1 Å². The van der Waals surface area contributed by atoms with Gasteiger partial charge in [0.25, 0.3) is 0 Å². The van der Waals surface area contributed by atoms with Gasteiger partial charge in [-0.1, -0.05) is 0 Å². The molecule has 0 aliphatic carbocycles. The molecule has 9 heavy (non-hydrogen) atoms. The highest BCUT2D eigenvalue weighted by Crippen LogP contribution is 2.11. The smallest absolute Gasteiger partial charge is 0.0171 e. The van der Waals surface area contributed by atoms with Gasteiger partial charge >= 0.3 is 0 Å². The quantitative estimate of drug-likeness (QED) is 0.461. The van der Waals surface area contributed by atoms with Gasteiger partial charge in [-0.2, -0.15) is 0 Å². The van der Waals surface area contributed by atoms with Crippen LogP contribution in [0, 0.1) is 17.8 Å². The summed E-state index contributed by atoms with van der Waals surface area (Å²) in [6.07, 6.45) is 2.31. The fourth-order valence-corrected chi connectivity index (χ4v) is 1.05. The standard InChI is InChI=1S/C8H12N/c1-2-3-4-8-5-6-9-7-8/h8H,4-7H2,1H3. The Kier molecular flexibility index (Phi) is 2.60. The summed E-state index contributed by atoms with van der Waals surface area (Å²) in [4.78, 5) is 0. The zero-order valence-electron chi connectivity index (χ0n) is 5.85. The van der Waals surface area contributed by atoms with Crippen molar-refractivity contribution in [3.8, 4) is 11.8 Å². The normalized spacial score (nSPS) is 25.2. The number of hydrogen-bond acceptors (Lipinski definition) is 0. The molecule has 0 bridgehead atoms. The summed E-state index contributed by atoms with van der Waals surface area (Å²) >= 11 is 0. The summed E-state index contributed by atoms with van der Waals surface area (Å²) in [6, 6.07) is 0. The van der Waals surface area contributed by atoms with Crippen molar-refractivity contribution in [3.05, 3.63) is 0 Å². The zero-order valence-corrected chi connectivity index (χ0v) is 5.85. The second kappa shape index (κ2) is 3.53. The first-order valence-electron chi connectivity index (χ1n) is 3.46. The van der Waals surface area contributed by atoms with Gasteiger partial charge in [0.1, 0.15) is 0 Å². The zero-order chi connectivity index (χ0) is 6.53. The minimum atomic E-state index is 0.775. The van der Waals surface area contributed by atoms with Gasteiger partial charge in [-0.3, -0.25) is 0 Å². The summed E-state index contributed by atoms with van der Waals surface area (Å²) in [5.74, 6) is 6.76. The van der Waals surface area contributed by atoms with Gasteiger partial charge in [0.2, 0.25) is 0 Å². The molecule has 49 valence electrons.